The van der Waals surface area contributed by atoms with E-state index in [1.807, 2.05) is 30.3 Å². The van der Waals surface area contributed by atoms with E-state index in [0.29, 0.717) is 30.4 Å². The first kappa shape index (κ1) is 22.7. The highest BCUT2D eigenvalue weighted by molar-refractivity contribution is 14.0. The average Bonchev–Trinajstić information content (AvgIpc) is 3.33. The van der Waals surface area contributed by atoms with Gasteiger partial charge in [-0.2, -0.15) is 10.4 Å². The Kier molecular flexibility index (Phi) is 8.99. The number of hydrogen-bond acceptors (Lipinski definition) is 4. The van der Waals surface area contributed by atoms with Crippen molar-refractivity contribution in [3.05, 3.63) is 53.7 Å². The third kappa shape index (κ3) is 5.97. The monoisotopic (exact) mass is 505 g/mol. The van der Waals surface area contributed by atoms with Crippen LogP contribution in [-0.4, -0.2) is 34.9 Å². The Morgan fingerprint density at radius 3 is 2.69 bits per heavy atom. The van der Waals surface area contributed by atoms with Gasteiger partial charge in [-0.25, -0.2) is 4.68 Å². The first-order valence-corrected chi connectivity index (χ1v) is 9.75. The van der Waals surface area contributed by atoms with Gasteiger partial charge in [0.05, 0.1) is 11.4 Å². The number of nitrogens with two attached hydrogens (primary N) is 1. The molecule has 1 heterocycles. The number of aliphatic imine (C=N–C) groups is 1. The number of nitrogen functional groups attached to an aromatic ring is 1. The molecule has 0 radical (unpaired) electrons. The average molecular weight is 505 g/mol. The largest absolute Gasteiger partial charge is 0.382 e. The summed E-state index contributed by atoms with van der Waals surface area (Å²) in [4.78, 5) is 4.65. The standard InChI is InChI=1S/C21H27N7.HI/c1-2-24-21(26-16-9-6-7-10-16)25-14-8-13-19-18(15-22)20(23)28(27-19)17-11-4-3-5-12-17;/h3-7,11-12,16H,2,8-10,13-14,23H2,1H3,(H2,24,25,26);1H. The summed E-state index contributed by atoms with van der Waals surface area (Å²) >= 11 is 0. The Balaban J connectivity index is 0.00000300. The van der Waals surface area contributed by atoms with Gasteiger partial charge in [0, 0.05) is 19.1 Å². The molecule has 1 aromatic heterocycles. The minimum absolute atomic E-state index is 0. The topological polar surface area (TPSA) is 104 Å². The molecule has 0 saturated heterocycles. The molecule has 154 valence electrons. The van der Waals surface area contributed by atoms with Crippen LogP contribution in [0.5, 0.6) is 0 Å². The molecule has 0 saturated carbocycles. The van der Waals surface area contributed by atoms with E-state index in [9.17, 15) is 5.26 Å². The summed E-state index contributed by atoms with van der Waals surface area (Å²) in [5, 5.41) is 20.8. The van der Waals surface area contributed by atoms with Crippen LogP contribution < -0.4 is 16.4 Å². The Hall–Kier alpha value is -2.54. The third-order valence-electron chi connectivity index (χ3n) is 4.64. The molecule has 8 heteroatoms. The molecule has 0 bridgehead atoms. The Morgan fingerprint density at radius 1 is 1.31 bits per heavy atom. The van der Waals surface area contributed by atoms with Crippen LogP contribution in [0.4, 0.5) is 5.82 Å². The molecule has 7 nitrogen and oxygen atoms in total. The number of aryl methyl sites for hydroxylation is 1. The van der Waals surface area contributed by atoms with E-state index in [1.165, 1.54) is 0 Å². The molecule has 0 unspecified atom stereocenters. The van der Waals surface area contributed by atoms with Crippen LogP contribution in [0.3, 0.4) is 0 Å². The molecule has 0 spiro atoms. The maximum absolute atomic E-state index is 9.50. The van der Waals surface area contributed by atoms with Crippen LogP contribution in [0.2, 0.25) is 0 Å². The molecule has 0 atom stereocenters. The zero-order chi connectivity index (χ0) is 19.8. The number of nitrogens with one attached hydrogen (secondary N) is 2. The van der Waals surface area contributed by atoms with Gasteiger partial charge in [0.15, 0.2) is 5.96 Å². The van der Waals surface area contributed by atoms with Gasteiger partial charge in [0.2, 0.25) is 0 Å². The van der Waals surface area contributed by atoms with E-state index >= 15 is 0 Å². The van der Waals surface area contributed by atoms with E-state index in [2.05, 4.69) is 45.9 Å². The lowest BCUT2D eigenvalue weighted by Crippen LogP contribution is -2.42. The molecular formula is C21H28IN7. The molecule has 4 N–H and O–H groups in total. The molecule has 1 aliphatic carbocycles. The fourth-order valence-corrected chi connectivity index (χ4v) is 3.23. The number of nitrogens with zero attached hydrogens (tertiary/aromatic N) is 4. The van der Waals surface area contributed by atoms with E-state index in [1.54, 1.807) is 4.68 Å². The molecule has 0 fully saturated rings. The van der Waals surface area contributed by atoms with Crippen LogP contribution in [0.1, 0.15) is 37.4 Å². The number of hydrogen-bond donors (Lipinski definition) is 3. The fourth-order valence-electron chi connectivity index (χ4n) is 3.23. The second-order valence-corrected chi connectivity index (χ2v) is 6.71. The summed E-state index contributed by atoms with van der Waals surface area (Å²) in [7, 11) is 0. The number of para-hydroxylation sites is 1. The van der Waals surface area contributed by atoms with Gasteiger partial charge in [-0.3, -0.25) is 4.99 Å². The lowest BCUT2D eigenvalue weighted by Gasteiger charge is -2.16. The lowest BCUT2D eigenvalue weighted by atomic mass is 10.1. The van der Waals surface area contributed by atoms with Crippen LogP contribution in [0, 0.1) is 11.3 Å². The van der Waals surface area contributed by atoms with Gasteiger partial charge in [0.25, 0.3) is 0 Å². The second-order valence-electron chi connectivity index (χ2n) is 6.71. The molecule has 2 aromatic rings. The molecule has 0 aliphatic heterocycles. The van der Waals surface area contributed by atoms with Crippen LogP contribution in [0.25, 0.3) is 5.69 Å². The van der Waals surface area contributed by atoms with Gasteiger partial charge in [-0.05, 0) is 44.7 Å². The van der Waals surface area contributed by atoms with Crippen LogP contribution >= 0.6 is 24.0 Å². The van der Waals surface area contributed by atoms with Gasteiger partial charge in [-0.1, -0.05) is 30.4 Å². The number of anilines is 1. The number of benzene rings is 1. The van der Waals surface area contributed by atoms with Crippen molar-refractivity contribution in [3.8, 4) is 11.8 Å². The highest BCUT2D eigenvalue weighted by Crippen LogP contribution is 2.21. The predicted octanol–water partition coefficient (Wildman–Crippen LogP) is 3.15. The van der Waals surface area contributed by atoms with Crippen molar-refractivity contribution < 1.29 is 0 Å². The molecule has 29 heavy (non-hydrogen) atoms. The second kappa shape index (κ2) is 11.5. The molecular weight excluding hydrogens is 477 g/mol. The van der Waals surface area contributed by atoms with Crippen molar-refractivity contribution >= 4 is 35.8 Å². The summed E-state index contributed by atoms with van der Waals surface area (Å²) < 4.78 is 1.63. The van der Waals surface area contributed by atoms with Gasteiger partial charge in [0.1, 0.15) is 17.5 Å². The molecule has 0 amide bonds. The zero-order valence-electron chi connectivity index (χ0n) is 16.6. The van der Waals surface area contributed by atoms with Crippen LogP contribution in [0.15, 0.2) is 47.5 Å². The van der Waals surface area contributed by atoms with E-state index in [-0.39, 0.29) is 24.0 Å². The van der Waals surface area contributed by atoms with Gasteiger partial charge < -0.3 is 16.4 Å². The van der Waals surface area contributed by atoms with E-state index in [0.717, 1.165) is 43.1 Å². The maximum atomic E-state index is 9.50. The van der Waals surface area contributed by atoms with Crippen molar-refractivity contribution in [2.45, 2.75) is 38.6 Å². The smallest absolute Gasteiger partial charge is 0.191 e. The van der Waals surface area contributed by atoms with Crippen LogP contribution in [-0.2, 0) is 6.42 Å². The molecule has 1 aliphatic rings. The number of halogens is 1. The van der Waals surface area contributed by atoms with Gasteiger partial charge >= 0.3 is 0 Å². The summed E-state index contributed by atoms with van der Waals surface area (Å²) in [5.74, 6) is 1.22. The third-order valence-corrected chi connectivity index (χ3v) is 4.64. The predicted molar refractivity (Wildman–Crippen MR) is 128 cm³/mol. The highest BCUT2D eigenvalue weighted by atomic mass is 127. The number of aromatic nitrogens is 2. The quantitative estimate of drug-likeness (QED) is 0.176. The highest BCUT2D eigenvalue weighted by Gasteiger charge is 2.16. The number of nitriles is 1. The number of rotatable bonds is 7. The minimum atomic E-state index is 0. The summed E-state index contributed by atoms with van der Waals surface area (Å²) in [6, 6.07) is 12.2. The Bertz CT molecular complexity index is 872. The van der Waals surface area contributed by atoms with Crippen molar-refractivity contribution in [3.63, 3.8) is 0 Å². The first-order chi connectivity index (χ1) is 13.7. The number of guanidine groups is 1. The van der Waals surface area contributed by atoms with Crippen molar-refractivity contribution in [2.75, 3.05) is 18.8 Å². The molecule has 3 rings (SSSR count). The van der Waals surface area contributed by atoms with Crippen molar-refractivity contribution in [2.24, 2.45) is 4.99 Å². The van der Waals surface area contributed by atoms with E-state index in [4.69, 9.17) is 5.73 Å². The Morgan fingerprint density at radius 2 is 2.03 bits per heavy atom. The van der Waals surface area contributed by atoms with E-state index < -0.39 is 0 Å². The fraction of sp³-hybridized carbons (Fsp3) is 0.381. The van der Waals surface area contributed by atoms with Crippen molar-refractivity contribution in [1.82, 2.24) is 20.4 Å². The SMILES string of the molecule is CCNC(=NCCCc1nn(-c2ccccc2)c(N)c1C#N)NC1CC=CC1.I. The normalized spacial score (nSPS) is 13.7. The van der Waals surface area contributed by atoms with Crippen molar-refractivity contribution in [1.29, 1.82) is 5.26 Å². The summed E-state index contributed by atoms with van der Waals surface area (Å²) in [5.41, 5.74) is 8.18. The lowest BCUT2D eigenvalue weighted by molar-refractivity contribution is 0.632. The first-order valence-electron chi connectivity index (χ1n) is 9.75. The van der Waals surface area contributed by atoms with Gasteiger partial charge in [-0.15, -0.1) is 24.0 Å². The summed E-state index contributed by atoms with van der Waals surface area (Å²) in [6.07, 6.45) is 7.90. The summed E-state index contributed by atoms with van der Waals surface area (Å²) in [6.45, 7) is 3.53. The minimum Gasteiger partial charge on any atom is -0.382 e. The molecule has 1 aromatic carbocycles. The zero-order valence-corrected chi connectivity index (χ0v) is 19.0. The maximum Gasteiger partial charge on any atom is 0.191 e. The Labute approximate surface area is 189 Å².